The van der Waals surface area contributed by atoms with Crippen molar-refractivity contribution in [1.29, 1.82) is 5.26 Å². The molecule has 0 unspecified atom stereocenters. The summed E-state index contributed by atoms with van der Waals surface area (Å²) in [6.45, 7) is 0. The largest absolute Gasteiger partial charge is 0.505 e. The Hall–Kier alpha value is -1.18. The number of nitrogens with zero attached hydrogens (tertiary/aromatic N) is 1. The van der Waals surface area contributed by atoms with Gasteiger partial charge < -0.3 is 5.11 Å². The predicted octanol–water partition coefficient (Wildman–Crippen LogP) is 2.77. The van der Waals surface area contributed by atoms with E-state index in [2.05, 4.69) is 12.6 Å². The van der Waals surface area contributed by atoms with Gasteiger partial charge in [0.25, 0.3) is 0 Å². The van der Waals surface area contributed by atoms with Crippen LogP contribution in [0.4, 0.5) is 0 Å². The molecular weight excluding hydrogens is 202 g/mol. The monoisotopic (exact) mass is 207 g/mol. The van der Waals surface area contributed by atoms with Crippen LogP contribution >= 0.6 is 24.0 Å². The summed E-state index contributed by atoms with van der Waals surface area (Å²) in [5, 5.41) is 18.9. The number of benzene rings is 1. The van der Waals surface area contributed by atoms with Crippen LogP contribution < -0.4 is 0 Å². The van der Waals surface area contributed by atoms with E-state index in [1.165, 1.54) is 11.3 Å². The fourth-order valence-corrected chi connectivity index (χ4v) is 2.43. The highest BCUT2D eigenvalue weighted by Gasteiger charge is 2.07. The highest BCUT2D eigenvalue weighted by molar-refractivity contribution is 7.83. The van der Waals surface area contributed by atoms with Gasteiger partial charge in [-0.2, -0.15) is 5.26 Å². The first-order valence-corrected chi connectivity index (χ1v) is 4.83. The van der Waals surface area contributed by atoms with E-state index in [4.69, 9.17) is 5.26 Å². The van der Waals surface area contributed by atoms with Crippen molar-refractivity contribution in [2.24, 2.45) is 0 Å². The van der Waals surface area contributed by atoms with E-state index in [0.29, 0.717) is 9.77 Å². The molecule has 1 N–H and O–H groups in total. The average Bonchev–Trinajstić information content (AvgIpc) is 2.42. The molecule has 1 aromatic carbocycles. The van der Waals surface area contributed by atoms with Gasteiger partial charge in [0.05, 0.1) is 15.8 Å². The van der Waals surface area contributed by atoms with Gasteiger partial charge in [0, 0.05) is 10.1 Å². The molecule has 4 heteroatoms. The van der Waals surface area contributed by atoms with Gasteiger partial charge in [-0.3, -0.25) is 0 Å². The lowest BCUT2D eigenvalue weighted by Crippen LogP contribution is -1.70. The number of hydrogen-bond donors (Lipinski definition) is 2. The third-order valence-electron chi connectivity index (χ3n) is 1.78. The van der Waals surface area contributed by atoms with Crippen LogP contribution in [-0.2, 0) is 0 Å². The van der Waals surface area contributed by atoms with Gasteiger partial charge in [-0.05, 0) is 18.2 Å². The highest BCUT2D eigenvalue weighted by atomic mass is 32.2. The first kappa shape index (κ1) is 8.42. The van der Waals surface area contributed by atoms with E-state index < -0.39 is 0 Å². The van der Waals surface area contributed by atoms with Gasteiger partial charge in [-0.25, -0.2) is 0 Å². The number of hydrogen-bond acceptors (Lipinski definition) is 4. The second kappa shape index (κ2) is 2.95. The summed E-state index contributed by atoms with van der Waals surface area (Å²) < 4.78 is 1.48. The molecule has 0 amide bonds. The first-order valence-electron chi connectivity index (χ1n) is 3.57. The first-order chi connectivity index (χ1) is 6.22. The summed E-state index contributed by atoms with van der Waals surface area (Å²) in [5.74, 6) is 0.202. The van der Waals surface area contributed by atoms with Crippen LogP contribution in [0.15, 0.2) is 22.4 Å². The van der Waals surface area contributed by atoms with Crippen molar-refractivity contribution < 1.29 is 5.11 Å². The zero-order valence-corrected chi connectivity index (χ0v) is 8.19. The lowest BCUT2D eigenvalue weighted by Gasteiger charge is -1.90. The Morgan fingerprint density at radius 3 is 2.92 bits per heavy atom. The Balaban J connectivity index is 2.82. The standard InChI is InChI=1S/C9H5NOS2/c10-4-5-1-2-6-7(3-5)13-9(12)8(6)11/h1-3,11-12H. The maximum Gasteiger partial charge on any atom is 0.147 e. The molecule has 0 bridgehead atoms. The second-order valence-corrected chi connectivity index (χ2v) is 4.38. The topological polar surface area (TPSA) is 44.0 Å². The number of thiol groups is 1. The molecule has 13 heavy (non-hydrogen) atoms. The Bertz CT molecular complexity index is 510. The van der Waals surface area contributed by atoms with E-state index in [-0.39, 0.29) is 5.75 Å². The molecule has 64 valence electrons. The Kier molecular flexibility index (Phi) is 1.91. The summed E-state index contributed by atoms with van der Waals surface area (Å²) in [7, 11) is 0. The van der Waals surface area contributed by atoms with Gasteiger partial charge in [-0.15, -0.1) is 24.0 Å². The number of thiophene rings is 1. The Labute approximate surface area is 84.5 Å². The van der Waals surface area contributed by atoms with Gasteiger partial charge in [-0.1, -0.05) is 0 Å². The summed E-state index contributed by atoms with van der Waals surface area (Å²) in [6, 6.07) is 7.22. The normalized spacial score (nSPS) is 10.2. The predicted molar refractivity (Wildman–Crippen MR) is 55.5 cm³/mol. The maximum atomic E-state index is 9.51. The fourth-order valence-electron chi connectivity index (χ4n) is 1.14. The summed E-state index contributed by atoms with van der Waals surface area (Å²) in [4.78, 5) is 0. The lowest BCUT2D eigenvalue weighted by molar-refractivity contribution is 0.473. The van der Waals surface area contributed by atoms with Gasteiger partial charge in [0.15, 0.2) is 0 Å². The van der Waals surface area contributed by atoms with Crippen LogP contribution in [0.5, 0.6) is 5.75 Å². The van der Waals surface area contributed by atoms with Gasteiger partial charge in [0.2, 0.25) is 0 Å². The summed E-state index contributed by atoms with van der Waals surface area (Å²) >= 11 is 5.48. The molecule has 0 atom stereocenters. The minimum atomic E-state index is 0.202. The smallest absolute Gasteiger partial charge is 0.147 e. The molecule has 1 aromatic heterocycles. The third kappa shape index (κ3) is 1.26. The number of aromatic hydroxyl groups is 1. The lowest BCUT2D eigenvalue weighted by atomic mass is 10.2. The second-order valence-electron chi connectivity index (χ2n) is 2.58. The Morgan fingerprint density at radius 1 is 1.46 bits per heavy atom. The van der Waals surface area contributed by atoms with E-state index in [9.17, 15) is 5.11 Å². The zero-order chi connectivity index (χ0) is 9.42. The molecule has 0 saturated carbocycles. The van der Waals surface area contributed by atoms with E-state index >= 15 is 0 Å². The van der Waals surface area contributed by atoms with Crippen LogP contribution in [0.3, 0.4) is 0 Å². The molecule has 2 rings (SSSR count). The molecule has 0 radical (unpaired) electrons. The van der Waals surface area contributed by atoms with Crippen molar-refractivity contribution >= 4 is 34.1 Å². The number of nitriles is 1. The molecule has 0 aliphatic carbocycles. The molecule has 0 aliphatic rings. The van der Waals surface area contributed by atoms with Crippen molar-refractivity contribution in [3.63, 3.8) is 0 Å². The van der Waals surface area contributed by atoms with Gasteiger partial charge >= 0.3 is 0 Å². The zero-order valence-electron chi connectivity index (χ0n) is 6.48. The van der Waals surface area contributed by atoms with Crippen LogP contribution in [-0.4, -0.2) is 5.11 Å². The summed E-state index contributed by atoms with van der Waals surface area (Å²) in [5.41, 5.74) is 0.599. The maximum absolute atomic E-state index is 9.51. The van der Waals surface area contributed by atoms with Crippen molar-refractivity contribution in [3.05, 3.63) is 23.8 Å². The molecule has 0 aliphatic heterocycles. The summed E-state index contributed by atoms with van der Waals surface area (Å²) in [6.07, 6.45) is 0. The van der Waals surface area contributed by atoms with E-state index in [1.807, 2.05) is 6.07 Å². The molecule has 2 nitrogen and oxygen atoms in total. The van der Waals surface area contributed by atoms with E-state index in [1.54, 1.807) is 18.2 Å². The molecule has 0 saturated heterocycles. The molecule has 1 heterocycles. The SMILES string of the molecule is N#Cc1ccc2c(O)c(S)sc2c1. The minimum Gasteiger partial charge on any atom is -0.505 e. The van der Waals surface area contributed by atoms with E-state index in [0.717, 1.165) is 10.1 Å². The van der Waals surface area contributed by atoms with Crippen molar-refractivity contribution in [2.45, 2.75) is 4.21 Å². The average molecular weight is 207 g/mol. The van der Waals surface area contributed by atoms with Crippen molar-refractivity contribution in [1.82, 2.24) is 0 Å². The molecule has 0 fully saturated rings. The molecule has 0 spiro atoms. The molecule has 2 aromatic rings. The van der Waals surface area contributed by atoms with Crippen LogP contribution in [0.1, 0.15) is 5.56 Å². The fraction of sp³-hybridized carbons (Fsp3) is 0. The Morgan fingerprint density at radius 2 is 2.23 bits per heavy atom. The van der Waals surface area contributed by atoms with Crippen LogP contribution in [0, 0.1) is 11.3 Å². The quantitative estimate of drug-likeness (QED) is 0.652. The highest BCUT2D eigenvalue weighted by Crippen LogP contribution is 2.39. The number of fused-ring (bicyclic) bond motifs is 1. The number of rotatable bonds is 0. The van der Waals surface area contributed by atoms with Crippen molar-refractivity contribution in [2.75, 3.05) is 0 Å². The minimum absolute atomic E-state index is 0.202. The third-order valence-corrected chi connectivity index (χ3v) is 3.21. The van der Waals surface area contributed by atoms with Crippen LogP contribution in [0.25, 0.3) is 10.1 Å². The molecular formula is C9H5NOS2. The van der Waals surface area contributed by atoms with Gasteiger partial charge in [0.1, 0.15) is 5.75 Å². The van der Waals surface area contributed by atoms with Crippen molar-refractivity contribution in [3.8, 4) is 11.8 Å². The van der Waals surface area contributed by atoms with Crippen LogP contribution in [0.2, 0.25) is 0 Å².